The highest BCUT2D eigenvalue weighted by Gasteiger charge is 2.33. The number of carbonyl (C=O) groups excluding carboxylic acids is 1. The van der Waals surface area contributed by atoms with Crippen LogP contribution in [0.5, 0.6) is 0 Å². The number of amides is 1. The van der Waals surface area contributed by atoms with Gasteiger partial charge in [0.05, 0.1) is 30.5 Å². The molecule has 6 nitrogen and oxygen atoms in total. The lowest BCUT2D eigenvalue weighted by Crippen LogP contribution is -2.55. The molecule has 0 bridgehead atoms. The smallest absolute Gasteiger partial charge is 0.238 e. The van der Waals surface area contributed by atoms with E-state index in [4.69, 9.17) is 16.3 Å². The minimum absolute atomic E-state index is 0.0595. The van der Waals surface area contributed by atoms with Gasteiger partial charge in [0.1, 0.15) is 0 Å². The number of nitrogens with zero attached hydrogens (tertiary/aromatic N) is 2. The molecule has 0 aliphatic carbocycles. The first-order valence-electron chi connectivity index (χ1n) is 6.81. The van der Waals surface area contributed by atoms with Crippen LogP contribution in [-0.4, -0.2) is 58.8 Å². The Balaban J connectivity index is 1.94. The van der Waals surface area contributed by atoms with Crippen molar-refractivity contribution >= 4 is 23.2 Å². The third kappa shape index (κ3) is 4.64. The summed E-state index contributed by atoms with van der Waals surface area (Å²) in [6, 6.07) is 3.41. The summed E-state index contributed by atoms with van der Waals surface area (Å²) >= 11 is 5.91. The summed E-state index contributed by atoms with van der Waals surface area (Å²) in [5, 5.41) is 12.3. The predicted octanol–water partition coefficient (Wildman–Crippen LogP) is 1.15. The average molecular weight is 314 g/mol. The molecule has 2 rings (SSSR count). The third-order valence-corrected chi connectivity index (χ3v) is 3.46. The molecule has 116 valence electrons. The van der Waals surface area contributed by atoms with Crippen molar-refractivity contribution in [2.75, 3.05) is 31.6 Å². The van der Waals surface area contributed by atoms with E-state index in [2.05, 4.69) is 10.3 Å². The molecular formula is C14H20ClN3O3. The Morgan fingerprint density at radius 1 is 1.67 bits per heavy atom. The van der Waals surface area contributed by atoms with Crippen molar-refractivity contribution in [3.63, 3.8) is 0 Å². The number of carbonyl (C=O) groups is 1. The van der Waals surface area contributed by atoms with Crippen molar-refractivity contribution in [2.24, 2.45) is 0 Å². The van der Waals surface area contributed by atoms with Crippen molar-refractivity contribution in [3.05, 3.63) is 23.5 Å². The third-order valence-electron chi connectivity index (χ3n) is 3.16. The van der Waals surface area contributed by atoms with E-state index in [9.17, 15) is 9.90 Å². The number of aliphatic hydroxyl groups is 1. The molecule has 1 aliphatic heterocycles. The van der Waals surface area contributed by atoms with Gasteiger partial charge in [0, 0.05) is 19.3 Å². The summed E-state index contributed by atoms with van der Waals surface area (Å²) in [5.41, 5.74) is 0.105. The minimum Gasteiger partial charge on any atom is -0.394 e. The fraction of sp³-hybridized carbons (Fsp3) is 0.571. The summed E-state index contributed by atoms with van der Waals surface area (Å²) in [4.78, 5) is 18.0. The van der Waals surface area contributed by atoms with E-state index in [0.717, 1.165) is 0 Å². The Morgan fingerprint density at radius 2 is 2.43 bits per heavy atom. The zero-order chi connectivity index (χ0) is 15.5. The van der Waals surface area contributed by atoms with Gasteiger partial charge in [0.15, 0.2) is 5.15 Å². The number of ether oxygens (including phenoxy) is 1. The fourth-order valence-corrected chi connectivity index (χ4v) is 2.67. The topological polar surface area (TPSA) is 74.7 Å². The van der Waals surface area contributed by atoms with Crippen molar-refractivity contribution < 1.29 is 14.6 Å². The Hall–Kier alpha value is -1.21. The number of pyridine rings is 1. The second-order valence-electron chi connectivity index (χ2n) is 5.74. The number of hydrogen-bond donors (Lipinski definition) is 2. The van der Waals surface area contributed by atoms with Crippen LogP contribution < -0.4 is 5.32 Å². The van der Waals surface area contributed by atoms with Gasteiger partial charge in [-0.15, -0.1) is 0 Å². The number of anilines is 1. The van der Waals surface area contributed by atoms with Crippen molar-refractivity contribution in [3.8, 4) is 0 Å². The van der Waals surface area contributed by atoms with Gasteiger partial charge in [0.25, 0.3) is 0 Å². The molecule has 1 saturated heterocycles. The highest BCUT2D eigenvalue weighted by Crippen LogP contribution is 2.21. The van der Waals surface area contributed by atoms with Crippen LogP contribution in [0.3, 0.4) is 0 Å². The predicted molar refractivity (Wildman–Crippen MR) is 80.4 cm³/mol. The summed E-state index contributed by atoms with van der Waals surface area (Å²) in [7, 11) is 0. The average Bonchev–Trinajstić information content (AvgIpc) is 2.39. The van der Waals surface area contributed by atoms with Crippen LogP contribution in [-0.2, 0) is 9.53 Å². The molecule has 0 spiro atoms. The zero-order valence-electron chi connectivity index (χ0n) is 12.2. The molecule has 7 heteroatoms. The van der Waals surface area contributed by atoms with Crippen LogP contribution in [0.15, 0.2) is 18.3 Å². The molecule has 1 aromatic rings. The number of aromatic nitrogens is 1. The maximum atomic E-state index is 12.1. The number of morpholine rings is 1. The molecule has 1 aromatic heterocycles. The number of aliphatic hydroxyl groups excluding tert-OH is 1. The van der Waals surface area contributed by atoms with E-state index in [1.807, 2.05) is 18.7 Å². The van der Waals surface area contributed by atoms with E-state index in [-0.39, 0.29) is 30.3 Å². The Morgan fingerprint density at radius 3 is 3.10 bits per heavy atom. The van der Waals surface area contributed by atoms with Gasteiger partial charge in [-0.2, -0.15) is 0 Å². The van der Waals surface area contributed by atoms with E-state index in [1.165, 1.54) is 0 Å². The van der Waals surface area contributed by atoms with Gasteiger partial charge in [-0.05, 0) is 26.0 Å². The highest BCUT2D eigenvalue weighted by atomic mass is 35.5. The van der Waals surface area contributed by atoms with Gasteiger partial charge in [0.2, 0.25) is 5.91 Å². The van der Waals surface area contributed by atoms with E-state index in [1.54, 1.807) is 18.3 Å². The van der Waals surface area contributed by atoms with E-state index >= 15 is 0 Å². The quantitative estimate of drug-likeness (QED) is 0.816. The largest absolute Gasteiger partial charge is 0.394 e. The number of rotatable bonds is 4. The van der Waals surface area contributed by atoms with Crippen LogP contribution >= 0.6 is 11.6 Å². The van der Waals surface area contributed by atoms with Gasteiger partial charge < -0.3 is 15.2 Å². The normalized spacial score (nSPS) is 22.0. The van der Waals surface area contributed by atoms with Gasteiger partial charge in [-0.25, -0.2) is 4.98 Å². The van der Waals surface area contributed by atoms with Crippen molar-refractivity contribution in [2.45, 2.75) is 25.6 Å². The first kappa shape index (κ1) is 16.2. The number of halogens is 1. The minimum atomic E-state index is -0.391. The van der Waals surface area contributed by atoms with Gasteiger partial charge in [-0.3, -0.25) is 9.69 Å². The summed E-state index contributed by atoms with van der Waals surface area (Å²) in [6.45, 7) is 5.19. The van der Waals surface area contributed by atoms with Gasteiger partial charge in [-0.1, -0.05) is 11.6 Å². The van der Waals surface area contributed by atoms with Crippen molar-refractivity contribution in [1.82, 2.24) is 9.88 Å². The summed E-state index contributed by atoms with van der Waals surface area (Å²) in [6.07, 6.45) is 1.29. The Bertz CT molecular complexity index is 510. The molecule has 0 radical (unpaired) electrons. The van der Waals surface area contributed by atoms with Gasteiger partial charge >= 0.3 is 0 Å². The van der Waals surface area contributed by atoms with Crippen LogP contribution in [0.4, 0.5) is 5.69 Å². The van der Waals surface area contributed by atoms with E-state index in [0.29, 0.717) is 18.8 Å². The summed E-state index contributed by atoms with van der Waals surface area (Å²) in [5.74, 6) is -0.167. The first-order chi connectivity index (χ1) is 9.89. The molecule has 1 atom stereocenters. The molecule has 1 aliphatic rings. The van der Waals surface area contributed by atoms with Crippen LogP contribution in [0, 0.1) is 0 Å². The summed E-state index contributed by atoms with van der Waals surface area (Å²) < 4.78 is 5.72. The number of nitrogens with one attached hydrogen (secondary N) is 1. The maximum absolute atomic E-state index is 12.1. The molecule has 0 aromatic carbocycles. The van der Waals surface area contributed by atoms with Crippen LogP contribution in [0.2, 0.25) is 5.15 Å². The highest BCUT2D eigenvalue weighted by molar-refractivity contribution is 6.32. The van der Waals surface area contributed by atoms with Crippen LogP contribution in [0.1, 0.15) is 13.8 Å². The Labute approximate surface area is 129 Å². The molecule has 0 saturated carbocycles. The lowest BCUT2D eigenvalue weighted by molar-refractivity contribution is -0.151. The molecule has 21 heavy (non-hydrogen) atoms. The molecule has 1 amide bonds. The maximum Gasteiger partial charge on any atom is 0.238 e. The molecule has 2 N–H and O–H groups in total. The lowest BCUT2D eigenvalue weighted by Gasteiger charge is -2.41. The molecule has 1 fully saturated rings. The monoisotopic (exact) mass is 313 g/mol. The second kappa shape index (κ2) is 6.70. The molecule has 2 heterocycles. The Kier molecular flexibility index (Phi) is 5.16. The number of hydrogen-bond acceptors (Lipinski definition) is 5. The van der Waals surface area contributed by atoms with E-state index < -0.39 is 5.60 Å². The zero-order valence-corrected chi connectivity index (χ0v) is 12.9. The van der Waals surface area contributed by atoms with Crippen molar-refractivity contribution in [1.29, 1.82) is 0 Å². The standard InChI is InChI=1S/C14H20ClN3O3/c1-14(2)9-18(6-10(8-19)21-14)7-12(20)17-11-4-3-5-16-13(11)15/h3-5,10,19H,6-9H2,1-2H3,(H,17,20). The van der Waals surface area contributed by atoms with Crippen LogP contribution in [0.25, 0.3) is 0 Å². The molecule has 1 unspecified atom stereocenters. The lowest BCUT2D eigenvalue weighted by atomic mass is 10.1. The fourth-order valence-electron chi connectivity index (χ4n) is 2.50. The second-order valence-corrected chi connectivity index (χ2v) is 6.10. The first-order valence-corrected chi connectivity index (χ1v) is 7.19. The molecular weight excluding hydrogens is 294 g/mol. The SMILES string of the molecule is CC1(C)CN(CC(=O)Nc2cccnc2Cl)CC(CO)O1.